The van der Waals surface area contributed by atoms with Gasteiger partial charge in [-0.2, -0.15) is 0 Å². The average Bonchev–Trinajstić information content (AvgIpc) is 3.27. The number of nitro groups is 3. The quantitative estimate of drug-likeness (QED) is 0.276. The lowest BCUT2D eigenvalue weighted by Gasteiger charge is -2.18. The molecule has 5 rings (SSSR count). The fourth-order valence-corrected chi connectivity index (χ4v) is 4.70. The molecular weight excluding hydrogens is 476 g/mol. The molecule has 2 aliphatic carbocycles. The number of rotatable bonds is 6. The van der Waals surface area contributed by atoms with Crippen molar-refractivity contribution in [1.29, 1.82) is 0 Å². The summed E-state index contributed by atoms with van der Waals surface area (Å²) in [5, 5.41) is 35.4. The van der Waals surface area contributed by atoms with Crippen LogP contribution in [-0.4, -0.2) is 20.5 Å². The number of para-hydroxylation sites is 1. The minimum atomic E-state index is -0.712. The van der Waals surface area contributed by atoms with Gasteiger partial charge in [-0.1, -0.05) is 55.5 Å². The van der Waals surface area contributed by atoms with Crippen molar-refractivity contribution in [3.05, 3.63) is 131 Å². The van der Waals surface area contributed by atoms with Crippen molar-refractivity contribution in [1.82, 2.24) is 0 Å². The van der Waals surface area contributed by atoms with Crippen molar-refractivity contribution in [2.75, 3.05) is 0 Å². The van der Waals surface area contributed by atoms with Crippen LogP contribution in [0.2, 0.25) is 0 Å². The molecule has 0 unspecified atom stereocenters. The van der Waals surface area contributed by atoms with E-state index in [9.17, 15) is 30.3 Å². The fraction of sp³-hybridized carbons (Fsp3) is 0.0741. The molecule has 10 nitrogen and oxygen atoms in total. The van der Waals surface area contributed by atoms with Gasteiger partial charge in [-0.15, -0.1) is 0 Å². The summed E-state index contributed by atoms with van der Waals surface area (Å²) >= 11 is 0. The topological polar surface area (TPSA) is 142 Å². The number of hydrogen-bond acceptors (Lipinski definition) is 7. The predicted octanol–water partition coefficient (Wildman–Crippen LogP) is 6.68. The number of aliphatic imine (C=N–C) groups is 1. The van der Waals surface area contributed by atoms with Crippen molar-refractivity contribution < 1.29 is 14.8 Å². The molecule has 0 fully saturated rings. The number of nitrogens with zero attached hydrogens (tertiary/aromatic N) is 4. The Balaban J connectivity index is 1.79. The molecule has 3 aromatic carbocycles. The van der Waals surface area contributed by atoms with Crippen LogP contribution in [0.4, 0.5) is 17.1 Å². The molecule has 0 N–H and O–H groups in total. The number of hydrogen-bond donors (Lipinski definition) is 0. The van der Waals surface area contributed by atoms with Gasteiger partial charge in [-0.25, -0.2) is 4.99 Å². The lowest BCUT2D eigenvalue weighted by Crippen LogP contribution is -2.17. The summed E-state index contributed by atoms with van der Waals surface area (Å²) < 4.78 is 0. The van der Waals surface area contributed by atoms with E-state index in [0.29, 0.717) is 22.5 Å². The summed E-state index contributed by atoms with van der Waals surface area (Å²) in [6.45, 7) is 1.77. The lowest BCUT2D eigenvalue weighted by molar-refractivity contribution is -0.419. The first kappa shape index (κ1) is 23.5. The predicted molar refractivity (Wildman–Crippen MR) is 139 cm³/mol. The second-order valence-electron chi connectivity index (χ2n) is 8.38. The third kappa shape index (κ3) is 4.00. The van der Waals surface area contributed by atoms with E-state index < -0.39 is 26.1 Å². The van der Waals surface area contributed by atoms with Crippen molar-refractivity contribution in [2.45, 2.75) is 13.3 Å². The van der Waals surface area contributed by atoms with E-state index in [0.717, 1.165) is 17.2 Å². The molecule has 0 aliphatic heterocycles. The van der Waals surface area contributed by atoms with Gasteiger partial charge in [0, 0.05) is 28.9 Å². The third-order valence-electron chi connectivity index (χ3n) is 6.30. The SMILES string of the molecule is CCC1=C([N+](=O)[O-])C=C2C(=Cc3cc([N+](=O)[O-])cc([N+](=O)[O-])c32)C1=Nc1ccccc1-c1ccccc1. The first-order valence-electron chi connectivity index (χ1n) is 11.3. The van der Waals surface area contributed by atoms with Gasteiger partial charge < -0.3 is 0 Å². The third-order valence-corrected chi connectivity index (χ3v) is 6.30. The maximum absolute atomic E-state index is 12.1. The Morgan fingerprint density at radius 2 is 1.49 bits per heavy atom. The molecule has 0 saturated heterocycles. The Bertz CT molecular complexity index is 1630. The summed E-state index contributed by atoms with van der Waals surface area (Å²) in [4.78, 5) is 38.3. The van der Waals surface area contributed by atoms with Gasteiger partial charge >= 0.3 is 0 Å². The van der Waals surface area contributed by atoms with E-state index in [-0.39, 0.29) is 28.8 Å². The van der Waals surface area contributed by atoms with Gasteiger partial charge in [0.05, 0.1) is 43.4 Å². The van der Waals surface area contributed by atoms with Crippen LogP contribution in [-0.2, 0) is 0 Å². The van der Waals surface area contributed by atoms with Gasteiger partial charge in [0.15, 0.2) is 0 Å². The summed E-state index contributed by atoms with van der Waals surface area (Å²) in [5.74, 6) is 0. The number of allylic oxidation sites excluding steroid dienone is 4. The van der Waals surface area contributed by atoms with Crippen molar-refractivity contribution in [3.8, 4) is 11.1 Å². The largest absolute Gasteiger partial charge is 0.284 e. The van der Waals surface area contributed by atoms with Gasteiger partial charge in [0.1, 0.15) is 0 Å². The second kappa shape index (κ2) is 9.08. The number of benzene rings is 3. The zero-order chi connectivity index (χ0) is 26.3. The van der Waals surface area contributed by atoms with Crippen LogP contribution in [0.3, 0.4) is 0 Å². The molecule has 3 aromatic rings. The van der Waals surface area contributed by atoms with Gasteiger partial charge in [0.25, 0.3) is 17.1 Å². The molecule has 37 heavy (non-hydrogen) atoms. The van der Waals surface area contributed by atoms with Gasteiger partial charge in [-0.3, -0.25) is 30.3 Å². The minimum absolute atomic E-state index is 0.101. The van der Waals surface area contributed by atoms with E-state index >= 15 is 0 Å². The minimum Gasteiger partial charge on any atom is -0.258 e. The first-order valence-corrected chi connectivity index (χ1v) is 11.3. The normalized spacial score (nSPS) is 15.1. The highest BCUT2D eigenvalue weighted by Gasteiger charge is 2.39. The summed E-state index contributed by atoms with van der Waals surface area (Å²) in [6.07, 6.45) is 3.16. The van der Waals surface area contributed by atoms with Gasteiger partial charge in [0.2, 0.25) is 0 Å². The Labute approximate surface area is 210 Å². The summed E-state index contributed by atoms with van der Waals surface area (Å²) in [7, 11) is 0. The molecule has 0 aromatic heterocycles. The summed E-state index contributed by atoms with van der Waals surface area (Å²) in [5.41, 5.74) is 2.85. The standard InChI is InChI=1S/C27H18N4O6/c1-2-19-24(30(34)35)15-21-22(13-17-12-18(29(32)33)14-25(26(17)21)31(36)37)27(19)28-23-11-7-6-10-20(23)16-8-4-3-5-9-16/h3-15H,2H2,1H3. The highest BCUT2D eigenvalue weighted by molar-refractivity contribution is 6.30. The Hall–Kier alpha value is -5.25. The molecule has 0 spiro atoms. The van der Waals surface area contributed by atoms with Crippen molar-refractivity contribution in [3.63, 3.8) is 0 Å². The molecule has 0 saturated carbocycles. The van der Waals surface area contributed by atoms with Crippen LogP contribution in [0.25, 0.3) is 22.8 Å². The highest BCUT2D eigenvalue weighted by atomic mass is 16.6. The molecule has 2 aliphatic rings. The molecule has 0 amide bonds. The van der Waals surface area contributed by atoms with E-state index in [1.165, 1.54) is 12.1 Å². The maximum Gasteiger partial charge on any atom is 0.284 e. The molecular formula is C27H18N4O6. The average molecular weight is 494 g/mol. The molecule has 0 bridgehead atoms. The number of non-ortho nitro benzene ring substituents is 1. The van der Waals surface area contributed by atoms with E-state index in [1.54, 1.807) is 25.1 Å². The Morgan fingerprint density at radius 1 is 0.784 bits per heavy atom. The Kier molecular flexibility index (Phi) is 5.76. The zero-order valence-corrected chi connectivity index (χ0v) is 19.5. The highest BCUT2D eigenvalue weighted by Crippen LogP contribution is 2.48. The van der Waals surface area contributed by atoms with Crippen LogP contribution < -0.4 is 0 Å². The van der Waals surface area contributed by atoms with Gasteiger partial charge in [-0.05, 0) is 29.7 Å². The van der Waals surface area contributed by atoms with Crippen LogP contribution in [0, 0.1) is 30.3 Å². The van der Waals surface area contributed by atoms with Crippen molar-refractivity contribution >= 4 is 34.4 Å². The fourth-order valence-electron chi connectivity index (χ4n) is 4.70. The van der Waals surface area contributed by atoms with E-state index in [2.05, 4.69) is 0 Å². The molecule has 0 atom stereocenters. The molecule has 10 heteroatoms. The lowest BCUT2D eigenvalue weighted by atomic mass is 9.86. The summed E-state index contributed by atoms with van der Waals surface area (Å²) in [6, 6.07) is 19.0. The number of nitro benzene ring substituents is 2. The van der Waals surface area contributed by atoms with Crippen LogP contribution >= 0.6 is 0 Å². The van der Waals surface area contributed by atoms with E-state index in [4.69, 9.17) is 4.99 Å². The molecule has 0 radical (unpaired) electrons. The smallest absolute Gasteiger partial charge is 0.258 e. The second-order valence-corrected chi connectivity index (χ2v) is 8.38. The molecule has 182 valence electrons. The van der Waals surface area contributed by atoms with Crippen LogP contribution in [0.15, 0.2) is 94.6 Å². The molecule has 0 heterocycles. The monoisotopic (exact) mass is 494 g/mol. The maximum atomic E-state index is 12.1. The first-order chi connectivity index (χ1) is 17.8. The van der Waals surface area contributed by atoms with Crippen LogP contribution in [0.1, 0.15) is 24.5 Å². The zero-order valence-electron chi connectivity index (χ0n) is 19.5. The van der Waals surface area contributed by atoms with Crippen molar-refractivity contribution in [2.24, 2.45) is 4.99 Å². The Morgan fingerprint density at radius 3 is 2.14 bits per heavy atom. The number of fused-ring (bicyclic) bond motifs is 3. The van der Waals surface area contributed by atoms with E-state index in [1.807, 2.05) is 42.5 Å². The van der Waals surface area contributed by atoms with Crippen LogP contribution in [0.5, 0.6) is 0 Å².